The van der Waals surface area contributed by atoms with E-state index in [1.54, 1.807) is 14.2 Å². The van der Waals surface area contributed by atoms with E-state index in [2.05, 4.69) is 0 Å². The Morgan fingerprint density at radius 1 is 1.00 bits per heavy atom. The molecule has 10 nitrogen and oxygen atoms in total. The fourth-order valence-corrected chi connectivity index (χ4v) is 5.33. The summed E-state index contributed by atoms with van der Waals surface area (Å²) < 4.78 is 40.3. The number of methoxy groups -OCH3 is 3. The zero-order chi connectivity index (χ0) is 31.5. The number of rotatable bonds is 17. The molecule has 0 bridgehead atoms. The van der Waals surface area contributed by atoms with E-state index in [0.29, 0.717) is 26.2 Å². The SMILES string of the molecule is COc1ccc(COCC=CC(C)(C)[C@]2(OC)O[C@H](C[C@@H](OCc3ccc(OC)cc3)[C@@H](C)OB=N)C[C@H](O)[C@@H]2O)cc1. The second-order valence-electron chi connectivity index (χ2n) is 11.2. The summed E-state index contributed by atoms with van der Waals surface area (Å²) in [4.78, 5) is 0. The molecule has 1 aliphatic rings. The molecule has 0 saturated carbocycles. The third-order valence-corrected chi connectivity index (χ3v) is 7.90. The number of nitrogens with one attached hydrogen (secondary N) is 1. The normalized spacial score (nSPS) is 23.9. The van der Waals surface area contributed by atoms with Crippen LogP contribution in [0.25, 0.3) is 0 Å². The minimum Gasteiger partial charge on any atom is -0.0530 e. The number of aliphatic hydroxyl groups excluding tert-OH is 2. The van der Waals surface area contributed by atoms with Crippen LogP contribution in [-0.2, 0) is 36.8 Å². The van der Waals surface area contributed by atoms with Crippen LogP contribution in [0.15, 0.2) is 60.7 Å². The number of hydrogen-bond acceptors (Lipinski definition) is 10. The molecule has 3 N–H and O–H groups in total. The van der Waals surface area contributed by atoms with Crippen molar-refractivity contribution in [3.63, 3.8) is 0 Å². The van der Waals surface area contributed by atoms with Crippen molar-refractivity contribution in [2.45, 2.75) is 83.1 Å². The van der Waals surface area contributed by atoms with Gasteiger partial charge in [0.05, 0.1) is 13.7 Å². The largest absolute Gasteiger partial charge is 0.0530 e. The average Bonchev–Trinajstić information content (AvgIpc) is 3.01. The van der Waals surface area contributed by atoms with Crippen LogP contribution < -0.4 is 9.47 Å². The molecule has 43 heavy (non-hydrogen) atoms. The number of hydrogen-bond donors (Lipinski definition) is 3. The third-order valence-electron chi connectivity index (χ3n) is 7.90. The van der Waals surface area contributed by atoms with E-state index in [1.165, 1.54) is 7.11 Å². The maximum atomic E-state index is 11.2. The second kappa shape index (κ2) is 16.3. The van der Waals surface area contributed by atoms with Gasteiger partial charge in [0.2, 0.25) is 0 Å². The predicted molar refractivity (Wildman–Crippen MR) is 162 cm³/mol. The molecule has 236 valence electrons. The fraction of sp³-hybridized carbons (Fsp3) is 0.562. The predicted octanol–water partition coefficient (Wildman–Crippen LogP) is 4.42. The van der Waals surface area contributed by atoms with Crippen LogP contribution >= 0.6 is 0 Å². The molecule has 3 rings (SSSR count). The molecule has 0 spiro atoms. The molecule has 0 aliphatic carbocycles. The Balaban J connectivity index is 1.69. The molecule has 1 heterocycles. The van der Waals surface area contributed by atoms with Crippen LogP contribution in [-0.4, -0.2) is 81.7 Å². The van der Waals surface area contributed by atoms with Gasteiger partial charge in [-0.15, -0.1) is 0 Å². The Kier molecular flexibility index (Phi) is 13.2. The van der Waals surface area contributed by atoms with E-state index in [-0.39, 0.29) is 6.42 Å². The molecule has 6 atom stereocenters. The first-order valence-corrected chi connectivity index (χ1v) is 14.5. The van der Waals surface area contributed by atoms with Gasteiger partial charge in [0.1, 0.15) is 5.75 Å². The minimum absolute atomic E-state index is 0.177. The second-order valence-corrected chi connectivity index (χ2v) is 11.2. The van der Waals surface area contributed by atoms with E-state index in [1.807, 2.05) is 81.5 Å². The van der Waals surface area contributed by atoms with Crippen LogP contribution in [0.5, 0.6) is 11.5 Å². The first kappa shape index (κ1) is 34.7. The van der Waals surface area contributed by atoms with E-state index in [0.717, 1.165) is 29.9 Å². The maximum Gasteiger partial charge on any atom is -0.0196 e. The van der Waals surface area contributed by atoms with Crippen LogP contribution in [0.2, 0.25) is 0 Å². The maximum absolute atomic E-state index is 11.2. The topological polar surface area (TPSA) is 129 Å². The molecule has 0 unspecified atom stereocenters. The van der Waals surface area contributed by atoms with Gasteiger partial charge in [-0.05, 0) is 17.7 Å². The van der Waals surface area contributed by atoms with Crippen molar-refractivity contribution < 1.29 is 43.3 Å². The fourth-order valence-electron chi connectivity index (χ4n) is 5.33. The Morgan fingerprint density at radius 2 is 1.58 bits per heavy atom. The number of aliphatic hydroxyl groups is 2. The molecule has 0 amide bonds. The van der Waals surface area contributed by atoms with Crippen LogP contribution in [0.3, 0.4) is 0 Å². The molecule has 1 saturated heterocycles. The molecule has 1 aliphatic heterocycles. The van der Waals surface area contributed by atoms with E-state index in [9.17, 15) is 10.2 Å². The van der Waals surface area contributed by atoms with Gasteiger partial charge in [-0.3, -0.25) is 0 Å². The van der Waals surface area contributed by atoms with Crippen LogP contribution in [0, 0.1) is 10.7 Å². The molecule has 1 fully saturated rings. The van der Waals surface area contributed by atoms with Gasteiger partial charge >= 0.3 is 202 Å². The van der Waals surface area contributed by atoms with E-state index in [4.69, 9.17) is 38.4 Å². The first-order chi connectivity index (χ1) is 20.6. The van der Waals surface area contributed by atoms with Crippen LogP contribution in [0.1, 0.15) is 44.7 Å². The van der Waals surface area contributed by atoms with Crippen molar-refractivity contribution in [2.75, 3.05) is 27.9 Å². The Hall–Kier alpha value is -2.80. The van der Waals surface area contributed by atoms with Crippen molar-refractivity contribution in [1.29, 1.82) is 5.31 Å². The van der Waals surface area contributed by atoms with Gasteiger partial charge in [0.25, 0.3) is 0 Å². The summed E-state index contributed by atoms with van der Waals surface area (Å²) in [5, 5.41) is 29.6. The summed E-state index contributed by atoms with van der Waals surface area (Å²) in [6.45, 7) is 6.65. The summed E-state index contributed by atoms with van der Waals surface area (Å²) in [6.07, 6.45) is 0.378. The molecule has 2 aromatic carbocycles. The third kappa shape index (κ3) is 9.10. The molecule has 0 radical (unpaired) electrons. The van der Waals surface area contributed by atoms with Crippen molar-refractivity contribution in [3.05, 3.63) is 71.8 Å². The van der Waals surface area contributed by atoms with Gasteiger partial charge in [-0.25, -0.2) is 0 Å². The van der Waals surface area contributed by atoms with Crippen LogP contribution in [0.4, 0.5) is 0 Å². The quantitative estimate of drug-likeness (QED) is 0.138. The Bertz CT molecular complexity index is 1140. The zero-order valence-corrected chi connectivity index (χ0v) is 26.0. The number of benzene rings is 2. The van der Waals surface area contributed by atoms with E-state index >= 15 is 0 Å². The van der Waals surface area contributed by atoms with Gasteiger partial charge < -0.3 is 4.74 Å². The van der Waals surface area contributed by atoms with Gasteiger partial charge in [-0.1, -0.05) is 12.1 Å². The smallest absolute Gasteiger partial charge is 0.0196 e. The monoisotopic (exact) mass is 599 g/mol. The van der Waals surface area contributed by atoms with E-state index < -0.39 is 41.7 Å². The Morgan fingerprint density at radius 3 is 2.12 bits per heavy atom. The van der Waals surface area contributed by atoms with Crippen molar-refractivity contribution in [2.24, 2.45) is 5.41 Å². The zero-order valence-electron chi connectivity index (χ0n) is 26.0. The standard InChI is InChI=1S/C32H46BNO9/c1-22(43-33-34)29(41-21-24-10-14-26(38-5)15-11-24)19-27-18-28(35)30(36)32(39-6,42-27)31(2,3)16-7-17-40-20-23-8-12-25(37-4)13-9-23/h7-16,22,27-30,34-36H,17-21H2,1-6H3/t22-,27+,28+,29-,30+,32-/m1/s1. The van der Waals surface area contributed by atoms with Gasteiger partial charge in [0, 0.05) is 0 Å². The Labute approximate surface area is 255 Å². The van der Waals surface area contributed by atoms with Gasteiger partial charge in [0.15, 0.2) is 0 Å². The molecule has 11 heteroatoms. The summed E-state index contributed by atoms with van der Waals surface area (Å²) in [5.74, 6) is -0.0116. The molecular formula is C32H46BNO9. The molecular weight excluding hydrogens is 553 g/mol. The van der Waals surface area contributed by atoms with Crippen molar-refractivity contribution >= 4 is 7.27 Å². The molecule has 2 aromatic rings. The minimum atomic E-state index is -1.55. The average molecular weight is 600 g/mol. The van der Waals surface area contributed by atoms with Crippen molar-refractivity contribution in [3.8, 4) is 11.5 Å². The summed E-state index contributed by atoms with van der Waals surface area (Å²) in [6, 6.07) is 15.2. The number of ether oxygens (including phenoxy) is 6. The van der Waals surface area contributed by atoms with Gasteiger partial charge in [-0.2, -0.15) is 0 Å². The summed E-state index contributed by atoms with van der Waals surface area (Å²) >= 11 is 0. The van der Waals surface area contributed by atoms with Crippen molar-refractivity contribution in [1.82, 2.24) is 0 Å². The first-order valence-electron chi connectivity index (χ1n) is 14.5. The molecule has 0 aromatic heterocycles. The summed E-state index contributed by atoms with van der Waals surface area (Å²) in [7, 11) is 5.59. The summed E-state index contributed by atoms with van der Waals surface area (Å²) in [5.41, 5.74) is 1.10.